The molecule has 0 saturated heterocycles. The maximum Gasteiger partial charge on any atom is 0.305 e. The number of hydrogen-bond acceptors (Lipinski definition) is 3. The van der Waals surface area contributed by atoms with E-state index in [0.717, 1.165) is 5.69 Å². The zero-order chi connectivity index (χ0) is 13.5. The number of carboxylic acid groups (broad SMARTS) is 1. The molecule has 0 aromatic heterocycles. The Balaban J connectivity index is 2.75. The number of carboxylic acids is 1. The number of nitrogens with zero attached hydrogens (tertiary/aromatic N) is 1. The Hall–Kier alpha value is -1.55. The molecule has 1 aromatic rings. The van der Waals surface area contributed by atoms with E-state index < -0.39 is 5.97 Å². The van der Waals surface area contributed by atoms with Crippen molar-refractivity contribution in [3.63, 3.8) is 0 Å². The van der Waals surface area contributed by atoms with Crippen LogP contribution in [0.1, 0.15) is 18.9 Å². The smallest absolute Gasteiger partial charge is 0.305 e. The minimum absolute atomic E-state index is 0.0695. The molecule has 1 unspecified atom stereocenters. The predicted octanol–water partition coefficient (Wildman–Crippen LogP) is 2.31. The number of aliphatic carboxylic acids is 1. The van der Waals surface area contributed by atoms with Crippen molar-refractivity contribution in [2.24, 2.45) is 0 Å². The van der Waals surface area contributed by atoms with E-state index in [1.54, 1.807) is 7.11 Å². The Morgan fingerprint density at radius 1 is 1.39 bits per heavy atom. The number of anilines is 1. The van der Waals surface area contributed by atoms with Crippen molar-refractivity contribution in [1.29, 1.82) is 0 Å². The first-order valence-electron chi connectivity index (χ1n) is 6.09. The fourth-order valence-electron chi connectivity index (χ4n) is 1.70. The van der Waals surface area contributed by atoms with Gasteiger partial charge in [0.25, 0.3) is 0 Å². The number of rotatable bonds is 7. The second-order valence-electron chi connectivity index (χ2n) is 4.47. The van der Waals surface area contributed by atoms with Crippen LogP contribution in [0.3, 0.4) is 0 Å². The molecule has 4 heteroatoms. The summed E-state index contributed by atoms with van der Waals surface area (Å²) in [5.41, 5.74) is 2.22. The molecule has 0 fully saturated rings. The average Bonchev–Trinajstić information content (AvgIpc) is 2.35. The number of ether oxygens (including phenoxy) is 1. The van der Waals surface area contributed by atoms with Gasteiger partial charge in [-0.2, -0.15) is 0 Å². The molecule has 1 aromatic carbocycles. The third kappa shape index (κ3) is 4.75. The van der Waals surface area contributed by atoms with Crippen LogP contribution in [0.2, 0.25) is 0 Å². The minimum atomic E-state index is -0.780. The van der Waals surface area contributed by atoms with Crippen molar-refractivity contribution in [3.8, 4) is 0 Å². The SMILES string of the molecule is COC(C)CN(CCC(=O)O)c1ccc(C)cc1. The van der Waals surface area contributed by atoms with Crippen LogP contribution >= 0.6 is 0 Å². The van der Waals surface area contributed by atoms with Gasteiger partial charge >= 0.3 is 5.97 Å². The molecule has 0 amide bonds. The van der Waals surface area contributed by atoms with Crippen molar-refractivity contribution >= 4 is 11.7 Å². The van der Waals surface area contributed by atoms with Gasteiger partial charge in [0, 0.05) is 25.9 Å². The van der Waals surface area contributed by atoms with Gasteiger partial charge in [0.1, 0.15) is 0 Å². The number of benzene rings is 1. The fraction of sp³-hybridized carbons (Fsp3) is 0.500. The lowest BCUT2D eigenvalue weighted by atomic mass is 10.2. The highest BCUT2D eigenvalue weighted by Crippen LogP contribution is 2.16. The summed E-state index contributed by atoms with van der Waals surface area (Å²) < 4.78 is 5.24. The molecular weight excluding hydrogens is 230 g/mol. The van der Waals surface area contributed by atoms with Gasteiger partial charge in [-0.3, -0.25) is 4.79 Å². The molecule has 100 valence electrons. The van der Waals surface area contributed by atoms with E-state index in [0.29, 0.717) is 13.1 Å². The molecule has 1 rings (SSSR count). The second kappa shape index (κ2) is 7.01. The van der Waals surface area contributed by atoms with Gasteiger partial charge in [0.15, 0.2) is 0 Å². The highest BCUT2D eigenvalue weighted by molar-refractivity contribution is 5.67. The molecule has 1 atom stereocenters. The first-order valence-corrected chi connectivity index (χ1v) is 6.09. The summed E-state index contributed by atoms with van der Waals surface area (Å²) >= 11 is 0. The highest BCUT2D eigenvalue weighted by Gasteiger charge is 2.12. The fourth-order valence-corrected chi connectivity index (χ4v) is 1.70. The first kappa shape index (κ1) is 14.5. The van der Waals surface area contributed by atoms with Gasteiger partial charge in [-0.15, -0.1) is 0 Å². The summed E-state index contributed by atoms with van der Waals surface area (Å²) in [6, 6.07) is 8.08. The highest BCUT2D eigenvalue weighted by atomic mass is 16.5. The molecule has 0 spiro atoms. The van der Waals surface area contributed by atoms with E-state index in [1.807, 2.05) is 43.0 Å². The summed E-state index contributed by atoms with van der Waals surface area (Å²) in [6.07, 6.45) is 0.199. The van der Waals surface area contributed by atoms with Crippen LogP contribution in [0.15, 0.2) is 24.3 Å². The van der Waals surface area contributed by atoms with E-state index in [9.17, 15) is 4.79 Å². The molecule has 0 aliphatic heterocycles. The largest absolute Gasteiger partial charge is 0.481 e. The molecule has 18 heavy (non-hydrogen) atoms. The number of aryl methyl sites for hydroxylation is 1. The van der Waals surface area contributed by atoms with Gasteiger partial charge in [-0.1, -0.05) is 17.7 Å². The molecule has 0 bridgehead atoms. The Morgan fingerprint density at radius 3 is 2.50 bits per heavy atom. The van der Waals surface area contributed by atoms with Crippen molar-refractivity contribution in [1.82, 2.24) is 0 Å². The zero-order valence-corrected chi connectivity index (χ0v) is 11.2. The molecule has 4 nitrogen and oxygen atoms in total. The van der Waals surface area contributed by atoms with Gasteiger partial charge in [0.05, 0.1) is 12.5 Å². The Morgan fingerprint density at radius 2 is 2.00 bits per heavy atom. The van der Waals surface area contributed by atoms with Crippen molar-refractivity contribution < 1.29 is 14.6 Å². The quantitative estimate of drug-likeness (QED) is 0.808. The molecule has 0 heterocycles. The number of hydrogen-bond donors (Lipinski definition) is 1. The second-order valence-corrected chi connectivity index (χ2v) is 4.47. The molecule has 1 N–H and O–H groups in total. The molecule has 0 radical (unpaired) electrons. The van der Waals surface area contributed by atoms with E-state index in [-0.39, 0.29) is 12.5 Å². The van der Waals surface area contributed by atoms with Crippen LogP contribution in [0.5, 0.6) is 0 Å². The first-order chi connectivity index (χ1) is 8.52. The number of carbonyl (C=O) groups is 1. The van der Waals surface area contributed by atoms with E-state index in [4.69, 9.17) is 9.84 Å². The van der Waals surface area contributed by atoms with Gasteiger partial charge in [-0.25, -0.2) is 0 Å². The summed E-state index contributed by atoms with van der Waals surface area (Å²) in [5.74, 6) is -0.780. The lowest BCUT2D eigenvalue weighted by Gasteiger charge is -2.27. The van der Waals surface area contributed by atoms with Crippen molar-refractivity contribution in [3.05, 3.63) is 29.8 Å². The summed E-state index contributed by atoms with van der Waals surface area (Å²) in [4.78, 5) is 12.7. The van der Waals surface area contributed by atoms with Gasteiger partial charge < -0.3 is 14.7 Å². The van der Waals surface area contributed by atoms with Gasteiger partial charge in [-0.05, 0) is 26.0 Å². The summed E-state index contributed by atoms with van der Waals surface area (Å²) in [6.45, 7) is 5.18. The lowest BCUT2D eigenvalue weighted by Crippen LogP contribution is -2.33. The van der Waals surface area contributed by atoms with Crippen molar-refractivity contribution in [2.75, 3.05) is 25.1 Å². The van der Waals surface area contributed by atoms with E-state index in [2.05, 4.69) is 0 Å². The molecule has 0 aliphatic carbocycles. The Labute approximate surface area is 108 Å². The lowest BCUT2D eigenvalue weighted by molar-refractivity contribution is -0.136. The van der Waals surface area contributed by atoms with Crippen LogP contribution in [0, 0.1) is 6.92 Å². The topological polar surface area (TPSA) is 49.8 Å². The molecule has 0 saturated carbocycles. The average molecular weight is 251 g/mol. The van der Waals surface area contributed by atoms with Crippen LogP contribution in [0.25, 0.3) is 0 Å². The maximum atomic E-state index is 10.7. The predicted molar refractivity (Wildman–Crippen MR) is 72.1 cm³/mol. The normalized spacial score (nSPS) is 12.2. The minimum Gasteiger partial charge on any atom is -0.481 e. The van der Waals surface area contributed by atoms with E-state index in [1.165, 1.54) is 5.56 Å². The van der Waals surface area contributed by atoms with Crippen LogP contribution < -0.4 is 4.90 Å². The summed E-state index contributed by atoms with van der Waals surface area (Å²) in [5, 5.41) is 8.79. The third-order valence-electron chi connectivity index (χ3n) is 2.87. The molecular formula is C14H21NO3. The monoisotopic (exact) mass is 251 g/mol. The van der Waals surface area contributed by atoms with Crippen LogP contribution in [-0.2, 0) is 9.53 Å². The van der Waals surface area contributed by atoms with Crippen LogP contribution in [-0.4, -0.2) is 37.4 Å². The number of methoxy groups -OCH3 is 1. The van der Waals surface area contributed by atoms with E-state index >= 15 is 0 Å². The summed E-state index contributed by atoms with van der Waals surface area (Å²) in [7, 11) is 1.66. The zero-order valence-electron chi connectivity index (χ0n) is 11.2. The Kier molecular flexibility index (Phi) is 5.65. The molecule has 0 aliphatic rings. The standard InChI is InChI=1S/C14H21NO3/c1-11-4-6-13(7-5-11)15(9-8-14(16)17)10-12(2)18-3/h4-7,12H,8-10H2,1-3H3,(H,16,17). The third-order valence-corrected chi connectivity index (χ3v) is 2.87. The van der Waals surface area contributed by atoms with Gasteiger partial charge in [0.2, 0.25) is 0 Å². The maximum absolute atomic E-state index is 10.7. The van der Waals surface area contributed by atoms with Crippen LogP contribution in [0.4, 0.5) is 5.69 Å². The Bertz CT molecular complexity index is 375. The van der Waals surface area contributed by atoms with Crippen molar-refractivity contribution in [2.45, 2.75) is 26.4 Å².